The van der Waals surface area contributed by atoms with Gasteiger partial charge < -0.3 is 4.74 Å². The molecule has 2 aromatic carbocycles. The fraction of sp³-hybridized carbons (Fsp3) is 0.0625. The minimum absolute atomic E-state index is 0.283. The van der Waals surface area contributed by atoms with Crippen LogP contribution in [-0.2, 0) is 0 Å². The van der Waals surface area contributed by atoms with E-state index in [1.165, 1.54) is 0 Å². The van der Waals surface area contributed by atoms with Crippen molar-refractivity contribution in [3.05, 3.63) is 59.2 Å². The van der Waals surface area contributed by atoms with Crippen molar-refractivity contribution in [3.8, 4) is 5.75 Å². The van der Waals surface area contributed by atoms with E-state index in [9.17, 15) is 0 Å². The highest BCUT2D eigenvalue weighted by Crippen LogP contribution is 2.20. The molecule has 3 aromatic rings. The van der Waals surface area contributed by atoms with E-state index in [1.54, 1.807) is 13.3 Å². The molecule has 0 unspecified atom stereocenters. The van der Waals surface area contributed by atoms with E-state index in [4.69, 9.17) is 16.3 Å². The minimum atomic E-state index is 0.283. The Morgan fingerprint density at radius 1 is 1.05 bits per heavy atom. The molecule has 1 heterocycles. The molecular formula is C16H13ClN4O. The molecule has 0 fully saturated rings. The Labute approximate surface area is 132 Å². The van der Waals surface area contributed by atoms with Gasteiger partial charge in [-0.05, 0) is 42.0 Å². The lowest BCUT2D eigenvalue weighted by molar-refractivity contribution is 0.415. The molecule has 5 nitrogen and oxygen atoms in total. The second-order valence-corrected chi connectivity index (χ2v) is 4.85. The van der Waals surface area contributed by atoms with Gasteiger partial charge in [-0.15, -0.1) is 0 Å². The van der Waals surface area contributed by atoms with Gasteiger partial charge in [-0.25, -0.2) is 9.97 Å². The summed E-state index contributed by atoms with van der Waals surface area (Å²) in [5, 5.41) is 4.42. The molecule has 1 N–H and O–H groups in total. The zero-order valence-corrected chi connectivity index (χ0v) is 12.6. The van der Waals surface area contributed by atoms with E-state index in [2.05, 4.69) is 20.5 Å². The van der Waals surface area contributed by atoms with E-state index in [0.29, 0.717) is 5.82 Å². The first-order valence-corrected chi connectivity index (χ1v) is 6.99. The molecule has 0 bridgehead atoms. The zero-order valence-electron chi connectivity index (χ0n) is 11.8. The third-order valence-electron chi connectivity index (χ3n) is 3.03. The maximum absolute atomic E-state index is 6.10. The van der Waals surface area contributed by atoms with Crippen LogP contribution < -0.4 is 10.2 Å². The molecule has 0 saturated heterocycles. The maximum Gasteiger partial charge on any atom is 0.185 e. The van der Waals surface area contributed by atoms with Gasteiger partial charge in [0.05, 0.1) is 24.4 Å². The molecule has 0 aliphatic rings. The number of anilines is 1. The van der Waals surface area contributed by atoms with Crippen LogP contribution in [0.1, 0.15) is 5.56 Å². The number of fused-ring (bicyclic) bond motifs is 1. The van der Waals surface area contributed by atoms with Gasteiger partial charge in [-0.3, -0.25) is 5.43 Å². The Morgan fingerprint density at radius 3 is 2.41 bits per heavy atom. The number of para-hydroxylation sites is 2. The molecule has 0 aliphatic heterocycles. The van der Waals surface area contributed by atoms with Crippen LogP contribution in [0.15, 0.2) is 53.6 Å². The monoisotopic (exact) mass is 312 g/mol. The highest BCUT2D eigenvalue weighted by atomic mass is 35.5. The topological polar surface area (TPSA) is 59.4 Å². The van der Waals surface area contributed by atoms with E-state index < -0.39 is 0 Å². The van der Waals surface area contributed by atoms with Crippen LogP contribution in [0.4, 0.5) is 5.82 Å². The number of benzene rings is 2. The Hall–Kier alpha value is -2.66. The molecule has 3 rings (SSSR count). The summed E-state index contributed by atoms with van der Waals surface area (Å²) >= 11 is 6.10. The van der Waals surface area contributed by atoms with Crippen molar-refractivity contribution < 1.29 is 4.74 Å². The molecule has 6 heteroatoms. The summed E-state index contributed by atoms with van der Waals surface area (Å²) in [7, 11) is 1.63. The van der Waals surface area contributed by atoms with Crippen molar-refractivity contribution in [2.75, 3.05) is 12.5 Å². The molecule has 0 saturated carbocycles. The van der Waals surface area contributed by atoms with Crippen molar-refractivity contribution in [3.63, 3.8) is 0 Å². The van der Waals surface area contributed by atoms with Crippen LogP contribution in [0.3, 0.4) is 0 Å². The van der Waals surface area contributed by atoms with E-state index in [1.807, 2.05) is 48.5 Å². The number of hydrazone groups is 1. The smallest absolute Gasteiger partial charge is 0.185 e. The van der Waals surface area contributed by atoms with Gasteiger partial charge in [0.1, 0.15) is 5.75 Å². The summed E-state index contributed by atoms with van der Waals surface area (Å²) in [4.78, 5) is 8.67. The van der Waals surface area contributed by atoms with Crippen LogP contribution in [0.5, 0.6) is 5.75 Å². The predicted molar refractivity (Wildman–Crippen MR) is 88.8 cm³/mol. The number of rotatable bonds is 4. The summed E-state index contributed by atoms with van der Waals surface area (Å²) in [6.07, 6.45) is 1.67. The van der Waals surface area contributed by atoms with Gasteiger partial charge in [-0.1, -0.05) is 23.7 Å². The van der Waals surface area contributed by atoms with Crippen molar-refractivity contribution in [1.29, 1.82) is 0 Å². The number of nitrogens with one attached hydrogen (secondary N) is 1. The quantitative estimate of drug-likeness (QED) is 0.589. The lowest BCUT2D eigenvalue weighted by Crippen LogP contribution is -1.97. The van der Waals surface area contributed by atoms with E-state index in [-0.39, 0.29) is 5.15 Å². The number of hydrogen-bond acceptors (Lipinski definition) is 5. The number of hydrogen-bond donors (Lipinski definition) is 1. The molecule has 0 spiro atoms. The highest BCUT2D eigenvalue weighted by molar-refractivity contribution is 6.32. The minimum Gasteiger partial charge on any atom is -0.497 e. The maximum atomic E-state index is 6.10. The molecule has 0 aliphatic carbocycles. The van der Waals surface area contributed by atoms with Crippen molar-refractivity contribution in [2.45, 2.75) is 0 Å². The zero-order chi connectivity index (χ0) is 15.4. The van der Waals surface area contributed by atoms with Crippen molar-refractivity contribution in [2.24, 2.45) is 5.10 Å². The molecule has 110 valence electrons. The second kappa shape index (κ2) is 6.41. The predicted octanol–water partition coefficient (Wildman–Crippen LogP) is 3.74. The van der Waals surface area contributed by atoms with Crippen molar-refractivity contribution in [1.82, 2.24) is 9.97 Å². The standard InChI is InChI=1S/C16H13ClN4O/c1-22-12-8-6-11(7-9-12)10-18-21-16-15(17)19-13-4-2-3-5-14(13)20-16/h2-10H,1H3,(H,20,21). The highest BCUT2D eigenvalue weighted by Gasteiger charge is 2.05. The fourth-order valence-electron chi connectivity index (χ4n) is 1.91. The van der Waals surface area contributed by atoms with Crippen LogP contribution in [0.2, 0.25) is 5.15 Å². The van der Waals surface area contributed by atoms with Crippen LogP contribution in [-0.4, -0.2) is 23.3 Å². The Morgan fingerprint density at radius 2 is 1.73 bits per heavy atom. The lowest BCUT2D eigenvalue weighted by atomic mass is 10.2. The Balaban J connectivity index is 1.77. The second-order valence-electron chi connectivity index (χ2n) is 4.49. The summed E-state index contributed by atoms with van der Waals surface area (Å²) in [5.41, 5.74) is 5.25. The van der Waals surface area contributed by atoms with Gasteiger partial charge in [0.2, 0.25) is 0 Å². The van der Waals surface area contributed by atoms with Gasteiger partial charge in [0, 0.05) is 0 Å². The molecule has 0 atom stereocenters. The summed E-state index contributed by atoms with van der Waals surface area (Å²) in [6.45, 7) is 0. The first kappa shape index (κ1) is 14.3. The molecule has 22 heavy (non-hydrogen) atoms. The van der Waals surface area contributed by atoms with Gasteiger partial charge in [0.25, 0.3) is 0 Å². The summed E-state index contributed by atoms with van der Waals surface area (Å²) < 4.78 is 5.10. The molecular weight excluding hydrogens is 300 g/mol. The van der Waals surface area contributed by atoms with Crippen LogP contribution >= 0.6 is 11.6 Å². The molecule has 1 aromatic heterocycles. The number of ether oxygens (including phenoxy) is 1. The first-order valence-electron chi connectivity index (χ1n) is 6.61. The Kier molecular flexibility index (Phi) is 4.16. The number of methoxy groups -OCH3 is 1. The van der Waals surface area contributed by atoms with Gasteiger partial charge in [0.15, 0.2) is 11.0 Å². The van der Waals surface area contributed by atoms with Crippen LogP contribution in [0, 0.1) is 0 Å². The first-order chi connectivity index (χ1) is 10.8. The normalized spacial score (nSPS) is 11.0. The largest absolute Gasteiger partial charge is 0.497 e. The number of aromatic nitrogens is 2. The summed E-state index contributed by atoms with van der Waals surface area (Å²) in [6, 6.07) is 15.1. The fourth-order valence-corrected chi connectivity index (χ4v) is 2.08. The van der Waals surface area contributed by atoms with Gasteiger partial charge in [-0.2, -0.15) is 5.10 Å². The third-order valence-corrected chi connectivity index (χ3v) is 3.29. The number of nitrogens with zero attached hydrogens (tertiary/aromatic N) is 3. The van der Waals surface area contributed by atoms with Crippen LogP contribution in [0.25, 0.3) is 11.0 Å². The van der Waals surface area contributed by atoms with Crippen molar-refractivity contribution >= 4 is 34.7 Å². The Bertz CT molecular complexity index is 818. The van der Waals surface area contributed by atoms with Gasteiger partial charge >= 0.3 is 0 Å². The molecule has 0 radical (unpaired) electrons. The average Bonchev–Trinajstić information content (AvgIpc) is 2.56. The summed E-state index contributed by atoms with van der Waals surface area (Å²) in [5.74, 6) is 1.22. The van der Waals surface area contributed by atoms with E-state index in [0.717, 1.165) is 22.3 Å². The number of halogens is 1. The lowest BCUT2D eigenvalue weighted by Gasteiger charge is -2.04. The molecule has 0 amide bonds. The average molecular weight is 313 g/mol. The third kappa shape index (κ3) is 3.15. The SMILES string of the molecule is COc1ccc(C=NNc2nc3ccccc3nc2Cl)cc1. The van der Waals surface area contributed by atoms with E-state index >= 15 is 0 Å².